The van der Waals surface area contributed by atoms with Crippen molar-refractivity contribution < 1.29 is 87.0 Å². The number of nitrogens with zero attached hydrogens (tertiary/aromatic N) is 11. The van der Waals surface area contributed by atoms with Crippen molar-refractivity contribution in [3.63, 3.8) is 0 Å². The molecule has 0 saturated heterocycles. The number of fused-ring (bicyclic) bond motifs is 3. The number of thioether (sulfide) groups is 2. The first-order valence-electron chi connectivity index (χ1n) is 25.2. The summed E-state index contributed by atoms with van der Waals surface area (Å²) in [5.74, 6) is -1.55. The number of hydrogen-bond donors (Lipinski definition) is 5. The molecule has 0 radical (unpaired) electrons. The summed E-state index contributed by atoms with van der Waals surface area (Å²) in [4.78, 5) is 4.96. The zero-order chi connectivity index (χ0) is 66.9. The van der Waals surface area contributed by atoms with Gasteiger partial charge >= 0.3 is 21.2 Å². The second-order valence-corrected chi connectivity index (χ2v) is 28.2. The lowest BCUT2D eigenvalue weighted by Gasteiger charge is -2.12. The number of unbranched alkanes of at least 4 members (excludes halogenated alkanes) is 1. The Morgan fingerprint density at radius 3 is 1.50 bits per heavy atom. The van der Waals surface area contributed by atoms with E-state index in [1.807, 2.05) is 6.07 Å². The van der Waals surface area contributed by atoms with E-state index in [9.17, 15) is 62.3 Å². The van der Waals surface area contributed by atoms with E-state index in [1.54, 1.807) is 69.3 Å². The second kappa shape index (κ2) is 32.4. The SMILES string of the molecule is Cc1cc(N=Nc2cc(SCCCS(=O)(=O)O)c(N=Nc3cc(OCCCCS(=O)(=O)O)c(N=Nc4c(C)c(C#N)c5nc6ccc(S(=O)(=O)O)cc6n5c4O)cc3C)cc2C)c(SCCCS(=O)(=O)O)cc1N=Nc1ccc(Cl)cc1.O=S(=O)=O.O=S(=O)=O. The van der Waals surface area contributed by atoms with E-state index < -0.39 is 89.7 Å². The maximum Gasteiger partial charge on any atom is 0.425 e. The van der Waals surface area contributed by atoms with Gasteiger partial charge in [-0.2, -0.15) is 59.4 Å². The molecule has 0 amide bonds. The van der Waals surface area contributed by atoms with Crippen LogP contribution in [0.4, 0.5) is 45.5 Å². The van der Waals surface area contributed by atoms with Crippen molar-refractivity contribution in [2.24, 2.45) is 40.9 Å². The minimum Gasteiger partial charge on any atom is -0.493 e. The molecule has 40 heteroatoms. The maximum absolute atomic E-state index is 12.0. The number of aromatic hydroxyl groups is 1. The van der Waals surface area contributed by atoms with Crippen molar-refractivity contribution >= 4 is 159 Å². The number of pyridine rings is 1. The zero-order valence-corrected chi connectivity index (χ0v) is 54.3. The molecule has 0 spiro atoms. The van der Waals surface area contributed by atoms with Crippen LogP contribution in [-0.2, 0) is 61.7 Å². The number of rotatable bonds is 25. The van der Waals surface area contributed by atoms with Crippen LogP contribution < -0.4 is 4.74 Å². The van der Waals surface area contributed by atoms with E-state index in [0.717, 1.165) is 16.5 Å². The van der Waals surface area contributed by atoms with Crippen LogP contribution in [0.3, 0.4) is 0 Å². The first kappa shape index (κ1) is 73.1. The highest BCUT2D eigenvalue weighted by Gasteiger charge is 2.23. The Labute approximate surface area is 530 Å². The molecule has 5 N–H and O–H groups in total. The molecular weight excluding hydrogens is 1370 g/mol. The van der Waals surface area contributed by atoms with Crippen LogP contribution in [0.2, 0.25) is 5.02 Å². The zero-order valence-electron chi connectivity index (χ0n) is 47.0. The Morgan fingerprint density at radius 2 is 1.02 bits per heavy atom. The molecule has 0 bridgehead atoms. The van der Waals surface area contributed by atoms with Gasteiger partial charge in [0, 0.05) is 26.4 Å². The molecule has 0 atom stereocenters. The number of ether oxygens (including phenoxy) is 1. The molecule has 31 nitrogen and oxygen atoms in total. The molecule has 2 aromatic heterocycles. The summed E-state index contributed by atoms with van der Waals surface area (Å²) >= 11 is 8.50. The van der Waals surface area contributed by atoms with E-state index >= 15 is 0 Å². The highest BCUT2D eigenvalue weighted by molar-refractivity contribution is 7.99. The van der Waals surface area contributed by atoms with Gasteiger partial charge in [0.25, 0.3) is 40.5 Å². The Bertz CT molecular complexity index is 4720. The third-order valence-electron chi connectivity index (χ3n) is 11.8. The lowest BCUT2D eigenvalue weighted by molar-refractivity contribution is 0.310. The van der Waals surface area contributed by atoms with Crippen molar-refractivity contribution in [3.8, 4) is 17.7 Å². The molecule has 480 valence electrons. The van der Waals surface area contributed by atoms with Crippen LogP contribution in [0.25, 0.3) is 16.7 Å². The monoisotopic (exact) mass is 1420 g/mol. The van der Waals surface area contributed by atoms with E-state index in [0.29, 0.717) is 59.9 Å². The maximum atomic E-state index is 12.0. The van der Waals surface area contributed by atoms with Crippen LogP contribution in [-0.4, -0.2) is 127 Å². The first-order valence-corrected chi connectivity index (χ1v) is 35.8. The third-order valence-corrected chi connectivity index (χ3v) is 17.6. The predicted molar refractivity (Wildman–Crippen MR) is 329 cm³/mol. The molecule has 0 aliphatic carbocycles. The van der Waals surface area contributed by atoms with Crippen molar-refractivity contribution in [3.05, 3.63) is 112 Å². The molecule has 0 aliphatic heterocycles. The third kappa shape index (κ3) is 23.0. The fourth-order valence-electron chi connectivity index (χ4n) is 7.66. The van der Waals surface area contributed by atoms with Gasteiger partial charge in [0.2, 0.25) is 5.88 Å². The van der Waals surface area contributed by atoms with E-state index in [4.69, 9.17) is 41.6 Å². The van der Waals surface area contributed by atoms with Gasteiger partial charge in [-0.15, -0.1) is 69.2 Å². The molecule has 7 aromatic rings. The average Bonchev–Trinajstić information content (AvgIpc) is 1.59. The van der Waals surface area contributed by atoms with E-state index in [-0.39, 0.29) is 94.4 Å². The molecular formula is C50H50ClN11O20S8. The topological polar surface area (TPSA) is 489 Å². The average molecular weight is 1420 g/mol. The van der Waals surface area contributed by atoms with Crippen molar-refractivity contribution in [1.82, 2.24) is 9.38 Å². The normalized spacial score (nSPS) is 12.2. The summed E-state index contributed by atoms with van der Waals surface area (Å²) < 4.78 is 189. The van der Waals surface area contributed by atoms with Gasteiger partial charge in [-0.05, 0) is 154 Å². The smallest absolute Gasteiger partial charge is 0.425 e. The Morgan fingerprint density at radius 1 is 0.578 bits per heavy atom. The molecule has 0 aliphatic rings. The molecule has 90 heavy (non-hydrogen) atoms. The fourth-order valence-corrected chi connectivity index (χ4v) is 12.1. The summed E-state index contributed by atoms with van der Waals surface area (Å²) in [5, 5.41) is 58.1. The largest absolute Gasteiger partial charge is 0.493 e. The number of benzene rings is 5. The molecule has 0 saturated carbocycles. The van der Waals surface area contributed by atoms with Crippen molar-refractivity contribution in [1.29, 1.82) is 5.26 Å². The van der Waals surface area contributed by atoms with Crippen LogP contribution in [0.5, 0.6) is 11.6 Å². The summed E-state index contributed by atoms with van der Waals surface area (Å²) in [6.07, 6.45) is 0.363. The quantitative estimate of drug-likeness (QED) is 0.0154. The first-order chi connectivity index (χ1) is 42.0. The predicted octanol–water partition coefficient (Wildman–Crippen LogP) is 11.6. The van der Waals surface area contributed by atoms with Crippen molar-refractivity contribution in [2.45, 2.75) is 68.1 Å². The molecule has 7 rings (SSSR count). The Hall–Kier alpha value is -7.59. The molecule has 2 heterocycles. The number of halogens is 1. The number of aromatic nitrogens is 2. The number of nitriles is 1. The summed E-state index contributed by atoms with van der Waals surface area (Å²) in [6.45, 7) is 6.63. The Balaban J connectivity index is 0.00000173. The summed E-state index contributed by atoms with van der Waals surface area (Å²) in [5.41, 5.74) is 4.27. The second-order valence-electron chi connectivity index (χ2n) is 18.5. The van der Waals surface area contributed by atoms with Crippen LogP contribution >= 0.6 is 35.1 Å². The summed E-state index contributed by atoms with van der Waals surface area (Å²) in [7, 11) is -23.7. The standard InChI is InChI=1S/C50H50ClN11O14S6.2O3S/c1-29-21-41(58-61-48-32(4)36(28-52)49-53-37-14-13-35(82(73,74)75)24-44(37)62(49)50(48)63)45(76-15-5-6-18-79(64,65)66)25-38(29)56-59-42-23-31(3)40(27-47(42)78-17-8-20-81(70,71)72)57-60-43-22-30(2)39(55-54-34-11-9-33(51)10-12-34)26-46(43)77-16-7-19-80(67,68)69;2*1-4(2)3/h9-14,21-27,63H,5-8,15-20H2,1-4H3,(H,64,65,66)(H,67,68,69)(H,70,71,72)(H,73,74,75);;. The lowest BCUT2D eigenvalue weighted by Crippen LogP contribution is -2.06. The van der Waals surface area contributed by atoms with Crippen molar-refractivity contribution in [2.75, 3.05) is 35.4 Å². The van der Waals surface area contributed by atoms with Gasteiger partial charge in [-0.25, -0.2) is 4.98 Å². The molecule has 0 unspecified atom stereocenters. The Kier molecular flexibility index (Phi) is 26.4. The minimum atomic E-state index is -4.69. The van der Waals surface area contributed by atoms with Gasteiger partial charge in [-0.1, -0.05) is 11.6 Å². The highest BCUT2D eigenvalue weighted by Crippen LogP contribution is 2.44. The summed E-state index contributed by atoms with van der Waals surface area (Å²) in [6, 6.07) is 22.1. The van der Waals surface area contributed by atoms with Crippen LogP contribution in [0.15, 0.2) is 134 Å². The van der Waals surface area contributed by atoms with Gasteiger partial charge in [0.1, 0.15) is 23.1 Å². The van der Waals surface area contributed by atoms with Gasteiger partial charge in [0.15, 0.2) is 11.3 Å². The van der Waals surface area contributed by atoms with Gasteiger partial charge in [-0.3, -0.25) is 22.6 Å². The number of hydrogen-bond acceptors (Lipinski definition) is 28. The fraction of sp³-hybridized carbons (Fsp3) is 0.280. The number of azo groups is 4. The van der Waals surface area contributed by atoms with E-state index in [1.165, 1.54) is 48.6 Å². The number of imidazole rings is 1. The van der Waals surface area contributed by atoms with E-state index in [2.05, 4.69) is 45.9 Å². The lowest BCUT2D eigenvalue weighted by atomic mass is 10.1. The van der Waals surface area contributed by atoms with Crippen LogP contribution in [0, 0.1) is 39.0 Å². The number of aryl methyl sites for hydroxylation is 3. The van der Waals surface area contributed by atoms with Gasteiger partial charge < -0.3 is 9.84 Å². The van der Waals surface area contributed by atoms with Gasteiger partial charge in [0.05, 0.1) is 73.9 Å². The molecule has 0 fully saturated rings. The molecule has 5 aromatic carbocycles. The van der Waals surface area contributed by atoms with Crippen LogP contribution in [0.1, 0.15) is 53.5 Å². The minimum absolute atomic E-state index is 0.0235. The highest BCUT2D eigenvalue weighted by atomic mass is 35.5.